The monoisotopic (exact) mass is 357 g/mol. The van der Waals surface area contributed by atoms with E-state index in [-0.39, 0.29) is 11.9 Å². The van der Waals surface area contributed by atoms with E-state index in [2.05, 4.69) is 16.0 Å². The van der Waals surface area contributed by atoms with E-state index >= 15 is 0 Å². The maximum atomic E-state index is 13.2. The molecule has 0 aliphatic carbocycles. The zero-order valence-corrected chi connectivity index (χ0v) is 15.2. The Hall–Kier alpha value is -2.38. The first-order valence-corrected chi connectivity index (χ1v) is 8.77. The molecule has 0 bridgehead atoms. The van der Waals surface area contributed by atoms with Crippen molar-refractivity contribution in [1.82, 2.24) is 14.8 Å². The highest BCUT2D eigenvalue weighted by Crippen LogP contribution is 2.41. The number of para-hydroxylation sites is 1. The number of aromatic amines is 1. The van der Waals surface area contributed by atoms with E-state index in [1.54, 1.807) is 0 Å². The molecule has 3 heterocycles. The fourth-order valence-corrected chi connectivity index (χ4v) is 4.50. The summed E-state index contributed by atoms with van der Waals surface area (Å²) in [6.07, 6.45) is 0.581. The number of aliphatic hydroxyl groups is 1. The molecule has 4 rings (SSSR count). The van der Waals surface area contributed by atoms with Crippen LogP contribution in [0, 0.1) is 0 Å². The smallest absolute Gasteiger partial charge is 0.331 e. The van der Waals surface area contributed by atoms with Crippen LogP contribution < -0.4 is 0 Å². The second-order valence-corrected chi connectivity index (χ2v) is 7.40. The van der Waals surface area contributed by atoms with Gasteiger partial charge in [-0.05, 0) is 31.9 Å². The summed E-state index contributed by atoms with van der Waals surface area (Å²) in [5, 5.41) is 10.9. The average molecular weight is 357 g/mol. The van der Waals surface area contributed by atoms with E-state index in [1.807, 2.05) is 32.0 Å². The molecule has 2 aliphatic rings. The summed E-state index contributed by atoms with van der Waals surface area (Å²) < 4.78 is 4.80. The normalized spacial score (nSPS) is 23.0. The number of aliphatic hydroxyl groups excluding tert-OH is 1. The summed E-state index contributed by atoms with van der Waals surface area (Å²) in [6, 6.07) is 6.74. The van der Waals surface area contributed by atoms with Crippen molar-refractivity contribution in [3.8, 4) is 0 Å². The number of aromatic nitrogens is 1. The summed E-state index contributed by atoms with van der Waals surface area (Å²) in [6.45, 7) is 3.94. The van der Waals surface area contributed by atoms with Gasteiger partial charge in [-0.3, -0.25) is 9.69 Å². The number of ether oxygens (including phenoxy) is 1. The van der Waals surface area contributed by atoms with Crippen LogP contribution in [0.5, 0.6) is 0 Å². The van der Waals surface area contributed by atoms with Gasteiger partial charge in [-0.15, -0.1) is 0 Å². The molecule has 2 N–H and O–H groups in total. The summed E-state index contributed by atoms with van der Waals surface area (Å²) in [4.78, 5) is 32.4. The van der Waals surface area contributed by atoms with E-state index in [1.165, 1.54) is 12.0 Å². The minimum absolute atomic E-state index is 0.143. The predicted octanol–water partition coefficient (Wildman–Crippen LogP) is 1.01. The number of hydrogen-bond donors (Lipinski definition) is 2. The average Bonchev–Trinajstić information content (AvgIpc) is 3.09. The number of H-pyrrole nitrogens is 1. The molecule has 7 heteroatoms. The van der Waals surface area contributed by atoms with Gasteiger partial charge in [0.1, 0.15) is 0 Å². The third-order valence-corrected chi connectivity index (χ3v) is 5.78. The second kappa shape index (κ2) is 5.82. The lowest BCUT2D eigenvalue weighted by molar-refractivity contribution is -0.158. The molecule has 1 amide bonds. The Labute approximate surface area is 151 Å². The number of hydrogen-bond acceptors (Lipinski definition) is 5. The zero-order valence-electron chi connectivity index (χ0n) is 15.2. The lowest BCUT2D eigenvalue weighted by Gasteiger charge is -2.42. The Kier molecular flexibility index (Phi) is 3.82. The molecule has 1 aromatic heterocycles. The van der Waals surface area contributed by atoms with E-state index in [9.17, 15) is 14.7 Å². The number of fused-ring (bicyclic) bond motifs is 4. The molecule has 2 aliphatic heterocycles. The first-order chi connectivity index (χ1) is 12.4. The van der Waals surface area contributed by atoms with Gasteiger partial charge in [0, 0.05) is 23.1 Å². The van der Waals surface area contributed by atoms with E-state index in [0.29, 0.717) is 13.0 Å². The van der Waals surface area contributed by atoms with Crippen LogP contribution in [0.3, 0.4) is 0 Å². The van der Waals surface area contributed by atoms with Gasteiger partial charge in [-0.2, -0.15) is 0 Å². The quantitative estimate of drug-likeness (QED) is 0.801. The van der Waals surface area contributed by atoms with E-state index in [0.717, 1.165) is 22.2 Å². The van der Waals surface area contributed by atoms with Crippen LogP contribution in [0.2, 0.25) is 0 Å². The molecule has 2 aromatic rings. The zero-order chi connectivity index (χ0) is 18.6. The Morgan fingerprint density at radius 3 is 2.85 bits per heavy atom. The van der Waals surface area contributed by atoms with Gasteiger partial charge in [0.15, 0.2) is 6.04 Å². The van der Waals surface area contributed by atoms with Gasteiger partial charge < -0.3 is 19.7 Å². The molecule has 0 unspecified atom stereocenters. The molecular formula is C19H23N3O4. The molecule has 7 nitrogen and oxygen atoms in total. The number of rotatable bonds is 3. The number of nitrogens with zero attached hydrogens (tertiary/aromatic N) is 2. The summed E-state index contributed by atoms with van der Waals surface area (Å²) in [5.41, 5.74) is 2.62. The van der Waals surface area contributed by atoms with Crippen LogP contribution in [-0.4, -0.2) is 63.2 Å². The van der Waals surface area contributed by atoms with Crippen LogP contribution in [0.25, 0.3) is 10.9 Å². The van der Waals surface area contributed by atoms with Crippen LogP contribution in [0.1, 0.15) is 25.1 Å². The number of nitrogens with one attached hydrogen (secondary N) is 1. The largest absolute Gasteiger partial charge is 0.467 e. The highest BCUT2D eigenvalue weighted by Gasteiger charge is 2.56. The van der Waals surface area contributed by atoms with Crippen LogP contribution in [-0.2, 0) is 27.3 Å². The van der Waals surface area contributed by atoms with E-state index in [4.69, 9.17) is 4.74 Å². The molecular weight excluding hydrogens is 334 g/mol. The Morgan fingerprint density at radius 2 is 2.15 bits per heavy atom. The number of carbonyl (C=O) groups excluding carboxylic acids is 2. The van der Waals surface area contributed by atoms with Crippen LogP contribution in [0.15, 0.2) is 24.3 Å². The van der Waals surface area contributed by atoms with Gasteiger partial charge in [0.25, 0.3) is 0 Å². The highest BCUT2D eigenvalue weighted by molar-refractivity contribution is 5.92. The first kappa shape index (κ1) is 17.1. The van der Waals surface area contributed by atoms with Gasteiger partial charge in [-0.1, -0.05) is 18.2 Å². The van der Waals surface area contributed by atoms with Gasteiger partial charge in [-0.25, -0.2) is 4.79 Å². The van der Waals surface area contributed by atoms with Crippen molar-refractivity contribution in [3.63, 3.8) is 0 Å². The first-order valence-electron chi connectivity index (χ1n) is 8.77. The highest BCUT2D eigenvalue weighted by atomic mass is 16.5. The number of benzene rings is 1. The maximum absolute atomic E-state index is 13.2. The lowest BCUT2D eigenvalue weighted by atomic mass is 9.96. The molecule has 0 radical (unpaired) electrons. The fourth-order valence-electron chi connectivity index (χ4n) is 4.50. The van der Waals surface area contributed by atoms with Crippen molar-refractivity contribution in [1.29, 1.82) is 0 Å². The number of carbonyl (C=O) groups is 2. The molecule has 138 valence electrons. The lowest BCUT2D eigenvalue weighted by Crippen LogP contribution is -2.57. The Bertz CT molecular complexity index is 888. The Balaban J connectivity index is 1.75. The molecule has 1 aromatic carbocycles. The van der Waals surface area contributed by atoms with Crippen molar-refractivity contribution in [2.45, 2.75) is 44.6 Å². The van der Waals surface area contributed by atoms with Crippen molar-refractivity contribution in [2.75, 3.05) is 13.7 Å². The molecule has 1 fully saturated rings. The van der Waals surface area contributed by atoms with Crippen molar-refractivity contribution < 1.29 is 19.4 Å². The minimum Gasteiger partial charge on any atom is -0.467 e. The summed E-state index contributed by atoms with van der Waals surface area (Å²) >= 11 is 0. The van der Waals surface area contributed by atoms with Gasteiger partial charge >= 0.3 is 5.97 Å². The number of methoxy groups -OCH3 is 1. The molecule has 2 atom stereocenters. The SMILES string of the molecule is COC(=O)[C@H](CO)N1C(=O)[C@@H]2Cc3c([nH]c4ccccc34)CN2C1(C)C. The topological polar surface area (TPSA) is 85.9 Å². The third kappa shape index (κ3) is 2.20. The molecule has 26 heavy (non-hydrogen) atoms. The summed E-state index contributed by atoms with van der Waals surface area (Å²) in [5.74, 6) is -0.742. The molecule has 0 saturated carbocycles. The maximum Gasteiger partial charge on any atom is 0.331 e. The van der Waals surface area contributed by atoms with Gasteiger partial charge in [0.2, 0.25) is 5.91 Å². The van der Waals surface area contributed by atoms with Crippen LogP contribution >= 0.6 is 0 Å². The second-order valence-electron chi connectivity index (χ2n) is 7.40. The molecule has 0 spiro atoms. The van der Waals surface area contributed by atoms with Crippen molar-refractivity contribution in [3.05, 3.63) is 35.5 Å². The fraction of sp³-hybridized carbons (Fsp3) is 0.474. The summed E-state index contributed by atoms with van der Waals surface area (Å²) in [7, 11) is 1.27. The number of esters is 1. The van der Waals surface area contributed by atoms with Crippen molar-refractivity contribution in [2.24, 2.45) is 0 Å². The van der Waals surface area contributed by atoms with Crippen LogP contribution in [0.4, 0.5) is 0 Å². The Morgan fingerprint density at radius 1 is 1.42 bits per heavy atom. The number of amides is 1. The molecule has 1 saturated heterocycles. The third-order valence-electron chi connectivity index (χ3n) is 5.78. The minimum atomic E-state index is -0.997. The predicted molar refractivity (Wildman–Crippen MR) is 95.1 cm³/mol. The standard InChI is InChI=1S/C19H23N3O4/c1-19(2)21-9-14-12(11-6-4-5-7-13(11)20-14)8-15(21)17(24)22(19)16(10-23)18(25)26-3/h4-7,15-16,20,23H,8-10H2,1-3H3/t15-,16-/m0/s1. The van der Waals surface area contributed by atoms with Crippen molar-refractivity contribution >= 4 is 22.8 Å². The van der Waals surface area contributed by atoms with Gasteiger partial charge in [0.05, 0.1) is 25.4 Å². The van der Waals surface area contributed by atoms with E-state index < -0.39 is 24.3 Å².